The lowest BCUT2D eigenvalue weighted by atomic mass is 9.94. The largest absolute Gasteiger partial charge is 0.507 e. The van der Waals surface area contributed by atoms with Gasteiger partial charge in [0.2, 0.25) is 0 Å². The minimum atomic E-state index is -0.865. The predicted octanol–water partition coefficient (Wildman–Crippen LogP) is 5.28. The molecule has 1 fully saturated rings. The lowest BCUT2D eigenvalue weighted by Crippen LogP contribution is -2.30. The third kappa shape index (κ3) is 3.57. The van der Waals surface area contributed by atoms with Gasteiger partial charge in [0, 0.05) is 21.8 Å². The molecule has 0 aromatic heterocycles. The molecule has 0 aliphatic carbocycles. The molecule has 0 radical (unpaired) electrons. The molecular weight excluding hydrogens is 414 g/mol. The third-order valence-electron chi connectivity index (χ3n) is 5.35. The number of rotatable bonds is 4. The van der Waals surface area contributed by atoms with Gasteiger partial charge in [0.15, 0.2) is 0 Å². The number of carbonyl (C=O) groups is 2. The molecule has 1 heterocycles. The molecule has 1 atom stereocenters. The van der Waals surface area contributed by atoms with Crippen LogP contribution in [-0.2, 0) is 9.59 Å². The monoisotopic (exact) mass is 433 g/mol. The van der Waals surface area contributed by atoms with Crippen LogP contribution in [0.2, 0.25) is 5.02 Å². The van der Waals surface area contributed by atoms with E-state index in [0.29, 0.717) is 27.6 Å². The van der Waals surface area contributed by atoms with Crippen molar-refractivity contribution in [2.75, 3.05) is 12.0 Å². The van der Waals surface area contributed by atoms with Gasteiger partial charge in [0.1, 0.15) is 11.5 Å². The molecule has 0 spiro atoms. The van der Waals surface area contributed by atoms with Crippen LogP contribution >= 0.6 is 11.6 Å². The molecule has 31 heavy (non-hydrogen) atoms. The number of aryl methyl sites for hydroxylation is 1. The van der Waals surface area contributed by atoms with Gasteiger partial charge in [0.05, 0.1) is 18.7 Å². The normalized spacial score (nSPS) is 17.8. The van der Waals surface area contributed by atoms with E-state index in [1.165, 1.54) is 12.0 Å². The third-order valence-corrected chi connectivity index (χ3v) is 5.59. The van der Waals surface area contributed by atoms with Crippen LogP contribution < -0.4 is 9.64 Å². The molecule has 4 rings (SSSR count). The molecule has 3 aromatic carbocycles. The summed E-state index contributed by atoms with van der Waals surface area (Å²) in [6.07, 6.45) is 0. The molecule has 1 aliphatic rings. The second kappa shape index (κ2) is 8.28. The van der Waals surface area contributed by atoms with E-state index in [9.17, 15) is 14.7 Å². The number of methoxy groups -OCH3 is 1. The minimum Gasteiger partial charge on any atom is -0.507 e. The zero-order valence-corrected chi connectivity index (χ0v) is 17.8. The number of ketones is 1. The van der Waals surface area contributed by atoms with E-state index in [4.69, 9.17) is 16.3 Å². The summed E-state index contributed by atoms with van der Waals surface area (Å²) in [5, 5.41) is 11.6. The quantitative estimate of drug-likeness (QED) is 0.345. The van der Waals surface area contributed by atoms with Gasteiger partial charge in [-0.1, -0.05) is 60.1 Å². The Bertz CT molecular complexity index is 1220. The molecular formula is C25H20ClNO4. The number of hydrogen-bond acceptors (Lipinski definition) is 4. The van der Waals surface area contributed by atoms with Crippen molar-refractivity contribution in [3.63, 3.8) is 0 Å². The lowest BCUT2D eigenvalue weighted by Gasteiger charge is -2.27. The smallest absolute Gasteiger partial charge is 0.300 e. The fourth-order valence-corrected chi connectivity index (χ4v) is 4.08. The van der Waals surface area contributed by atoms with Crippen LogP contribution in [0.1, 0.15) is 22.7 Å². The zero-order valence-electron chi connectivity index (χ0n) is 17.0. The summed E-state index contributed by atoms with van der Waals surface area (Å²) in [5.74, 6) is -1.26. The van der Waals surface area contributed by atoms with Crippen LogP contribution in [0.5, 0.6) is 5.75 Å². The van der Waals surface area contributed by atoms with E-state index in [-0.39, 0.29) is 11.3 Å². The van der Waals surface area contributed by atoms with Crippen LogP contribution in [0.3, 0.4) is 0 Å². The average Bonchev–Trinajstić information content (AvgIpc) is 3.04. The summed E-state index contributed by atoms with van der Waals surface area (Å²) in [6.45, 7) is 1.87. The van der Waals surface area contributed by atoms with Crippen molar-refractivity contribution in [1.82, 2.24) is 0 Å². The summed E-state index contributed by atoms with van der Waals surface area (Å²) >= 11 is 6.09. The van der Waals surface area contributed by atoms with E-state index in [2.05, 4.69) is 0 Å². The van der Waals surface area contributed by atoms with E-state index < -0.39 is 17.7 Å². The van der Waals surface area contributed by atoms with Crippen LogP contribution in [0.4, 0.5) is 5.69 Å². The Balaban J connectivity index is 2.02. The number of amides is 1. The highest BCUT2D eigenvalue weighted by atomic mass is 35.5. The fraction of sp³-hybridized carbons (Fsp3) is 0.120. The molecule has 1 unspecified atom stereocenters. The number of hydrogen-bond donors (Lipinski definition) is 1. The van der Waals surface area contributed by atoms with E-state index in [0.717, 1.165) is 5.56 Å². The van der Waals surface area contributed by atoms with Crippen molar-refractivity contribution < 1.29 is 19.4 Å². The number of benzene rings is 3. The molecule has 1 N–H and O–H groups in total. The van der Waals surface area contributed by atoms with Gasteiger partial charge in [-0.2, -0.15) is 0 Å². The highest BCUT2D eigenvalue weighted by Gasteiger charge is 2.48. The number of para-hydroxylation sites is 2. The van der Waals surface area contributed by atoms with Gasteiger partial charge in [-0.15, -0.1) is 0 Å². The summed E-state index contributed by atoms with van der Waals surface area (Å²) in [6, 6.07) is 20.1. The molecule has 6 heteroatoms. The topological polar surface area (TPSA) is 66.8 Å². The first-order valence-electron chi connectivity index (χ1n) is 9.69. The molecule has 1 aliphatic heterocycles. The van der Waals surface area contributed by atoms with Crippen molar-refractivity contribution in [1.29, 1.82) is 0 Å². The number of halogens is 1. The van der Waals surface area contributed by atoms with Crippen molar-refractivity contribution >= 4 is 34.7 Å². The maximum Gasteiger partial charge on any atom is 0.300 e. The van der Waals surface area contributed by atoms with Gasteiger partial charge in [-0.25, -0.2) is 0 Å². The molecule has 5 nitrogen and oxygen atoms in total. The summed E-state index contributed by atoms with van der Waals surface area (Å²) in [5.41, 5.74) is 2.35. The number of aliphatic hydroxyl groups excluding tert-OH is 1. The van der Waals surface area contributed by atoms with Crippen molar-refractivity contribution in [3.05, 3.63) is 100 Å². The van der Waals surface area contributed by atoms with Crippen molar-refractivity contribution in [2.24, 2.45) is 0 Å². The van der Waals surface area contributed by atoms with E-state index >= 15 is 0 Å². The first kappa shape index (κ1) is 20.7. The SMILES string of the molecule is COc1ccccc1C1/C(=C(\O)c2cccc(Cl)c2)C(=O)C(=O)N1c1ccccc1C. The summed E-state index contributed by atoms with van der Waals surface area (Å²) < 4.78 is 5.52. The Morgan fingerprint density at radius 1 is 1.00 bits per heavy atom. The number of anilines is 1. The Morgan fingerprint density at radius 3 is 2.42 bits per heavy atom. The average molecular weight is 434 g/mol. The lowest BCUT2D eigenvalue weighted by molar-refractivity contribution is -0.132. The van der Waals surface area contributed by atoms with E-state index in [1.807, 2.05) is 19.1 Å². The Morgan fingerprint density at radius 2 is 1.71 bits per heavy atom. The van der Waals surface area contributed by atoms with Gasteiger partial charge < -0.3 is 9.84 Å². The van der Waals surface area contributed by atoms with E-state index in [1.54, 1.807) is 60.7 Å². The van der Waals surface area contributed by atoms with Crippen LogP contribution in [-0.4, -0.2) is 23.9 Å². The first-order chi connectivity index (χ1) is 14.9. The maximum atomic E-state index is 13.2. The molecule has 1 amide bonds. The maximum absolute atomic E-state index is 13.2. The second-order valence-corrected chi connectivity index (χ2v) is 7.64. The number of aliphatic hydroxyl groups is 1. The molecule has 1 saturated heterocycles. The van der Waals surface area contributed by atoms with Crippen LogP contribution in [0.25, 0.3) is 5.76 Å². The predicted molar refractivity (Wildman–Crippen MR) is 120 cm³/mol. The Hall–Kier alpha value is -3.57. The fourth-order valence-electron chi connectivity index (χ4n) is 3.89. The molecule has 156 valence electrons. The highest BCUT2D eigenvalue weighted by Crippen LogP contribution is 2.45. The Labute approximate surface area is 185 Å². The summed E-state index contributed by atoms with van der Waals surface area (Å²) in [7, 11) is 1.52. The van der Waals surface area contributed by atoms with Gasteiger partial charge >= 0.3 is 0 Å². The zero-order chi connectivity index (χ0) is 22.1. The minimum absolute atomic E-state index is 0.0139. The number of ether oxygens (including phenoxy) is 1. The highest BCUT2D eigenvalue weighted by molar-refractivity contribution is 6.51. The van der Waals surface area contributed by atoms with Crippen LogP contribution in [0.15, 0.2) is 78.4 Å². The first-order valence-corrected chi connectivity index (χ1v) is 10.1. The van der Waals surface area contributed by atoms with Gasteiger partial charge in [0.25, 0.3) is 11.7 Å². The summed E-state index contributed by atoms with van der Waals surface area (Å²) in [4.78, 5) is 27.8. The molecule has 0 saturated carbocycles. The van der Waals surface area contributed by atoms with Crippen LogP contribution in [0, 0.1) is 6.92 Å². The number of Topliss-reactive ketones (excluding diaryl/α,β-unsaturated/α-hetero) is 1. The second-order valence-electron chi connectivity index (χ2n) is 7.21. The van der Waals surface area contributed by atoms with Gasteiger partial charge in [-0.3, -0.25) is 14.5 Å². The Kier molecular flexibility index (Phi) is 5.53. The van der Waals surface area contributed by atoms with Crippen molar-refractivity contribution in [3.8, 4) is 5.75 Å². The van der Waals surface area contributed by atoms with Gasteiger partial charge in [-0.05, 0) is 36.8 Å². The number of carbonyl (C=O) groups excluding carboxylic acids is 2. The molecule has 3 aromatic rings. The molecule has 0 bridgehead atoms. The van der Waals surface area contributed by atoms with Crippen molar-refractivity contribution in [2.45, 2.75) is 13.0 Å². The standard InChI is InChI=1S/C25H20ClNO4/c1-15-8-3-5-12-19(15)27-22(18-11-4-6-13-20(18)31-2)21(24(29)25(27)30)23(28)16-9-7-10-17(26)14-16/h3-14,22,28H,1-2H3/b23-21+. The number of nitrogens with zero attached hydrogens (tertiary/aromatic N) is 1.